The molecule has 0 N–H and O–H groups in total. The smallest absolute Gasteiger partial charge is 0.302 e. The second-order valence-electron chi connectivity index (χ2n) is 4.95. The van der Waals surface area contributed by atoms with Crippen LogP contribution >= 0.6 is 0 Å². The third-order valence-corrected chi connectivity index (χ3v) is 3.78. The van der Waals surface area contributed by atoms with Gasteiger partial charge in [0.2, 0.25) is 0 Å². The Morgan fingerprint density at radius 2 is 1.59 bits per heavy atom. The zero-order chi connectivity index (χ0) is 13.8. The van der Waals surface area contributed by atoms with E-state index >= 15 is 0 Å². The number of imidazole rings is 1. The molecule has 22 heavy (non-hydrogen) atoms. The van der Waals surface area contributed by atoms with Crippen molar-refractivity contribution < 1.29 is 18.9 Å². The number of nitrogens with zero attached hydrogens (tertiary/aromatic N) is 4. The normalized spacial score (nSPS) is 11.3. The summed E-state index contributed by atoms with van der Waals surface area (Å²) in [5.41, 5.74) is 3.43. The molecule has 0 unspecified atom stereocenters. The van der Waals surface area contributed by atoms with Crippen molar-refractivity contribution in [2.45, 2.75) is 0 Å². The van der Waals surface area contributed by atoms with E-state index in [1.807, 2.05) is 34.7 Å². The quantitative estimate of drug-likeness (QED) is 0.233. The minimum absolute atomic E-state index is 0. The van der Waals surface area contributed by atoms with Crippen LogP contribution in [-0.4, -0.2) is 19.4 Å². The summed E-state index contributed by atoms with van der Waals surface area (Å²) in [6, 6.07) is 17.2. The van der Waals surface area contributed by atoms with Gasteiger partial charge in [0.05, 0.1) is 11.2 Å². The predicted molar refractivity (Wildman–Crippen MR) is 82.1 cm³/mol. The van der Waals surface area contributed by atoms with Gasteiger partial charge in [-0.2, -0.15) is 0 Å². The van der Waals surface area contributed by atoms with Gasteiger partial charge in [0.1, 0.15) is 5.65 Å². The molecule has 1 aromatic carbocycles. The van der Waals surface area contributed by atoms with Crippen LogP contribution in [0, 0.1) is 6.07 Å². The van der Waals surface area contributed by atoms with Crippen molar-refractivity contribution in [3.8, 4) is 0 Å². The largest absolute Gasteiger partial charge is 1.00 e. The molecule has 5 heteroatoms. The fourth-order valence-corrected chi connectivity index (χ4v) is 2.91. The summed E-state index contributed by atoms with van der Waals surface area (Å²) in [5.74, 6) is 0. The van der Waals surface area contributed by atoms with Gasteiger partial charge in [0.15, 0.2) is 5.65 Å². The molecule has 0 fully saturated rings. The van der Waals surface area contributed by atoms with Gasteiger partial charge < -0.3 is 4.40 Å². The molecule has 4 aromatic heterocycles. The molecule has 0 aliphatic rings. The Morgan fingerprint density at radius 3 is 2.50 bits per heavy atom. The van der Waals surface area contributed by atoms with E-state index in [9.17, 15) is 0 Å². The zero-order valence-electron chi connectivity index (χ0n) is 12.0. The van der Waals surface area contributed by atoms with Crippen molar-refractivity contribution in [2.24, 2.45) is 0 Å². The van der Waals surface area contributed by atoms with Gasteiger partial charge in [-0.1, -0.05) is 16.8 Å². The Kier molecular flexibility index (Phi) is 2.90. The van der Waals surface area contributed by atoms with Gasteiger partial charge in [0.25, 0.3) is 0 Å². The SMILES string of the molecule is [Li+].[c-]1cccc2c1c1nc3cccnc3n1c1ncccc21. The maximum atomic E-state index is 4.72. The van der Waals surface area contributed by atoms with Gasteiger partial charge in [-0.25, -0.2) is 9.97 Å². The van der Waals surface area contributed by atoms with Crippen molar-refractivity contribution in [3.05, 3.63) is 60.9 Å². The number of aromatic nitrogens is 4. The fourth-order valence-electron chi connectivity index (χ4n) is 2.91. The van der Waals surface area contributed by atoms with Crippen LogP contribution in [0.4, 0.5) is 0 Å². The third kappa shape index (κ3) is 1.62. The Hall–Kier alpha value is -2.41. The molecule has 0 aliphatic carbocycles. The molecule has 0 saturated heterocycles. The first-order chi connectivity index (χ1) is 10.4. The van der Waals surface area contributed by atoms with Gasteiger partial charge in [0, 0.05) is 12.4 Å². The van der Waals surface area contributed by atoms with E-state index < -0.39 is 0 Å². The van der Waals surface area contributed by atoms with Crippen LogP contribution < -0.4 is 18.9 Å². The minimum atomic E-state index is 0. The molecule has 0 saturated carbocycles. The summed E-state index contributed by atoms with van der Waals surface area (Å²) < 4.78 is 2.02. The van der Waals surface area contributed by atoms with Crippen LogP contribution in [-0.2, 0) is 0 Å². The molecule has 5 rings (SSSR count). The standard InChI is InChI=1S/C17H9N4.Li/c1-2-6-13-11(5-1)12-7-3-9-18-15(12)21-16(13)20-14-8-4-10-19-17(14)21;/h1-5,7-10H;/q-1;+1. The van der Waals surface area contributed by atoms with Crippen LogP contribution in [0.5, 0.6) is 0 Å². The monoisotopic (exact) mass is 276 g/mol. The van der Waals surface area contributed by atoms with E-state index in [1.54, 1.807) is 12.4 Å². The van der Waals surface area contributed by atoms with E-state index in [4.69, 9.17) is 4.98 Å². The second-order valence-corrected chi connectivity index (χ2v) is 4.95. The molecule has 0 atom stereocenters. The molecule has 98 valence electrons. The van der Waals surface area contributed by atoms with E-state index in [2.05, 4.69) is 28.2 Å². The average molecular weight is 276 g/mol. The van der Waals surface area contributed by atoms with Gasteiger partial charge in [-0.15, -0.1) is 24.3 Å². The molecule has 4 heterocycles. The van der Waals surface area contributed by atoms with E-state index in [0.29, 0.717) is 0 Å². The fraction of sp³-hybridized carbons (Fsp3) is 0. The Balaban J connectivity index is 0.00000125. The van der Waals surface area contributed by atoms with Crippen LogP contribution in [0.25, 0.3) is 38.6 Å². The molecule has 0 amide bonds. The number of rotatable bonds is 0. The first-order valence-corrected chi connectivity index (χ1v) is 6.74. The van der Waals surface area contributed by atoms with Crippen molar-refractivity contribution in [1.82, 2.24) is 19.4 Å². The first-order valence-electron chi connectivity index (χ1n) is 6.74. The number of fused-ring (bicyclic) bond motifs is 8. The minimum Gasteiger partial charge on any atom is -0.302 e. The maximum absolute atomic E-state index is 4.72. The number of pyridine rings is 3. The molecule has 0 spiro atoms. The van der Waals surface area contributed by atoms with E-state index in [-0.39, 0.29) is 18.9 Å². The molecule has 0 bridgehead atoms. The van der Waals surface area contributed by atoms with E-state index in [1.165, 1.54) is 0 Å². The Morgan fingerprint density at radius 1 is 0.818 bits per heavy atom. The van der Waals surface area contributed by atoms with Crippen molar-refractivity contribution in [1.29, 1.82) is 0 Å². The second kappa shape index (κ2) is 4.81. The Labute approximate surface area is 138 Å². The summed E-state index contributed by atoms with van der Waals surface area (Å²) in [7, 11) is 0. The molecule has 4 nitrogen and oxygen atoms in total. The predicted octanol–water partition coefficient (Wildman–Crippen LogP) is 0.388. The zero-order valence-corrected chi connectivity index (χ0v) is 12.0. The summed E-state index contributed by atoms with van der Waals surface area (Å²) in [4.78, 5) is 13.7. The topological polar surface area (TPSA) is 43.1 Å². The molecule has 5 aromatic rings. The maximum Gasteiger partial charge on any atom is 1.00 e. The first kappa shape index (κ1) is 13.3. The van der Waals surface area contributed by atoms with Crippen molar-refractivity contribution >= 4 is 38.6 Å². The molecule has 0 radical (unpaired) electrons. The van der Waals surface area contributed by atoms with Crippen molar-refractivity contribution in [2.75, 3.05) is 0 Å². The van der Waals surface area contributed by atoms with Gasteiger partial charge in [-0.3, -0.25) is 4.98 Å². The number of benzene rings is 1. The van der Waals surface area contributed by atoms with Crippen LogP contribution in [0.2, 0.25) is 0 Å². The Bertz CT molecular complexity index is 1150. The van der Waals surface area contributed by atoms with Crippen LogP contribution in [0.3, 0.4) is 0 Å². The van der Waals surface area contributed by atoms with Crippen LogP contribution in [0.1, 0.15) is 0 Å². The third-order valence-electron chi connectivity index (χ3n) is 3.78. The summed E-state index contributed by atoms with van der Waals surface area (Å²) in [5, 5.41) is 3.20. The molecular weight excluding hydrogens is 267 g/mol. The number of hydrogen-bond acceptors (Lipinski definition) is 3. The van der Waals surface area contributed by atoms with Crippen LogP contribution in [0.15, 0.2) is 54.9 Å². The van der Waals surface area contributed by atoms with Gasteiger partial charge >= 0.3 is 18.9 Å². The number of hydrogen-bond donors (Lipinski definition) is 0. The van der Waals surface area contributed by atoms with E-state index in [0.717, 1.165) is 38.6 Å². The molecular formula is C17H9LiN4. The molecule has 0 aliphatic heterocycles. The summed E-state index contributed by atoms with van der Waals surface area (Å²) in [6.07, 6.45) is 3.58. The van der Waals surface area contributed by atoms with Crippen molar-refractivity contribution in [3.63, 3.8) is 0 Å². The van der Waals surface area contributed by atoms with Gasteiger partial charge in [-0.05, 0) is 23.6 Å². The average Bonchev–Trinajstić information content (AvgIpc) is 2.95. The summed E-state index contributed by atoms with van der Waals surface area (Å²) in [6.45, 7) is 0. The summed E-state index contributed by atoms with van der Waals surface area (Å²) >= 11 is 0.